The van der Waals surface area contributed by atoms with E-state index in [1.807, 2.05) is 12.1 Å². The molecule has 0 spiro atoms. The van der Waals surface area contributed by atoms with Crippen LogP contribution in [0.3, 0.4) is 0 Å². The van der Waals surface area contributed by atoms with Crippen molar-refractivity contribution in [2.45, 2.75) is 38.3 Å². The lowest BCUT2D eigenvalue weighted by Crippen LogP contribution is -2.41. The zero-order valence-corrected chi connectivity index (χ0v) is 16.0. The van der Waals surface area contributed by atoms with E-state index in [-0.39, 0.29) is 12.1 Å². The lowest BCUT2D eigenvalue weighted by molar-refractivity contribution is 0.128. The third-order valence-corrected chi connectivity index (χ3v) is 5.36. The predicted octanol–water partition coefficient (Wildman–Crippen LogP) is 2.94. The van der Waals surface area contributed by atoms with E-state index in [1.165, 1.54) is 16.9 Å². The topological polar surface area (TPSA) is 87.6 Å². The minimum Gasteiger partial charge on any atom is -0.391 e. The number of hydrogen-bond donors (Lipinski definition) is 2. The summed E-state index contributed by atoms with van der Waals surface area (Å²) in [5, 5.41) is 22.0. The average Bonchev–Trinajstić information content (AvgIpc) is 3.22. The lowest BCUT2D eigenvalue weighted by atomic mass is 10.0. The Balaban J connectivity index is 1.67. The molecule has 2 amide bonds. The molecule has 0 saturated carbocycles. The van der Waals surface area contributed by atoms with Gasteiger partial charge in [0.05, 0.1) is 18.8 Å². The van der Waals surface area contributed by atoms with Crippen molar-refractivity contribution in [1.29, 1.82) is 0 Å². The van der Waals surface area contributed by atoms with Crippen LogP contribution in [0.5, 0.6) is 0 Å². The number of methoxy groups -OCH3 is 1. The van der Waals surface area contributed by atoms with E-state index in [0.717, 1.165) is 10.6 Å². The lowest BCUT2D eigenvalue weighted by Gasteiger charge is -2.23. The highest BCUT2D eigenvalue weighted by Gasteiger charge is 2.34. The largest absolute Gasteiger partial charge is 0.391 e. The van der Waals surface area contributed by atoms with E-state index in [1.54, 1.807) is 12.0 Å². The van der Waals surface area contributed by atoms with Crippen LogP contribution in [-0.4, -0.2) is 58.6 Å². The number of rotatable bonds is 5. The van der Waals surface area contributed by atoms with Crippen molar-refractivity contribution in [3.8, 4) is 10.6 Å². The smallest absolute Gasteiger partial charge is 0.324 e. The van der Waals surface area contributed by atoms with Gasteiger partial charge in [0.2, 0.25) is 5.13 Å². The number of amides is 2. The minimum atomic E-state index is -0.523. The zero-order chi connectivity index (χ0) is 18.7. The maximum atomic E-state index is 12.5. The van der Waals surface area contributed by atoms with Crippen molar-refractivity contribution in [2.24, 2.45) is 0 Å². The quantitative estimate of drug-likeness (QED) is 0.838. The summed E-state index contributed by atoms with van der Waals surface area (Å²) in [6.45, 7) is 5.00. The molecule has 0 bridgehead atoms. The molecular formula is C18H24N4O3S. The van der Waals surface area contributed by atoms with Gasteiger partial charge in [-0.1, -0.05) is 49.4 Å². The van der Waals surface area contributed by atoms with E-state index in [9.17, 15) is 9.90 Å². The third-order valence-electron chi connectivity index (χ3n) is 4.48. The van der Waals surface area contributed by atoms with Crippen LogP contribution in [0.1, 0.15) is 31.7 Å². The molecule has 8 heteroatoms. The first-order valence-electron chi connectivity index (χ1n) is 8.66. The van der Waals surface area contributed by atoms with Gasteiger partial charge in [-0.15, -0.1) is 10.2 Å². The molecule has 1 aliphatic heterocycles. The van der Waals surface area contributed by atoms with Gasteiger partial charge >= 0.3 is 6.03 Å². The number of anilines is 1. The van der Waals surface area contributed by atoms with Gasteiger partial charge in [-0.05, 0) is 17.9 Å². The Morgan fingerprint density at radius 2 is 2.12 bits per heavy atom. The Bertz CT molecular complexity index is 747. The zero-order valence-electron chi connectivity index (χ0n) is 15.2. The van der Waals surface area contributed by atoms with Gasteiger partial charge in [-0.25, -0.2) is 4.79 Å². The van der Waals surface area contributed by atoms with Crippen LogP contribution in [0.15, 0.2) is 24.3 Å². The molecule has 140 valence electrons. The van der Waals surface area contributed by atoms with Gasteiger partial charge in [-0.2, -0.15) is 0 Å². The number of benzene rings is 1. The maximum Gasteiger partial charge on any atom is 0.324 e. The molecule has 26 heavy (non-hydrogen) atoms. The van der Waals surface area contributed by atoms with Crippen molar-refractivity contribution < 1.29 is 14.6 Å². The SMILES string of the molecule is COC[C@H]1C[C@@H](O)CN1C(=O)Nc1nnc(-c2ccc(C(C)C)cc2)s1. The summed E-state index contributed by atoms with van der Waals surface area (Å²) < 4.78 is 5.13. The molecule has 1 aromatic carbocycles. The molecule has 2 aromatic rings. The van der Waals surface area contributed by atoms with Gasteiger partial charge in [0.25, 0.3) is 0 Å². The number of β-amino-alcohol motifs (C(OH)–C–C–N with tert-alkyl or cyclic N) is 1. The van der Waals surface area contributed by atoms with Gasteiger partial charge in [-0.3, -0.25) is 5.32 Å². The molecule has 0 unspecified atom stereocenters. The van der Waals surface area contributed by atoms with Crippen molar-refractivity contribution in [3.05, 3.63) is 29.8 Å². The van der Waals surface area contributed by atoms with Crippen LogP contribution in [0, 0.1) is 0 Å². The fraction of sp³-hybridized carbons (Fsp3) is 0.500. The highest BCUT2D eigenvalue weighted by Crippen LogP contribution is 2.28. The van der Waals surface area contributed by atoms with Gasteiger partial charge in [0.15, 0.2) is 0 Å². The molecule has 0 aliphatic carbocycles. The Hall–Kier alpha value is -2.03. The second kappa shape index (κ2) is 8.11. The molecule has 0 radical (unpaired) electrons. The first-order chi connectivity index (χ1) is 12.5. The maximum absolute atomic E-state index is 12.5. The number of ether oxygens (including phenoxy) is 1. The molecule has 2 atom stereocenters. The number of hydrogen-bond acceptors (Lipinski definition) is 6. The normalized spacial score (nSPS) is 20.0. The van der Waals surface area contributed by atoms with Crippen LogP contribution < -0.4 is 5.32 Å². The average molecular weight is 376 g/mol. The standard InChI is InChI=1S/C18H24N4O3S/c1-11(2)12-4-6-13(7-5-12)16-20-21-17(26-16)19-18(24)22-9-15(23)8-14(22)10-25-3/h4-7,11,14-15,23H,8-10H2,1-3H3,(H,19,21,24)/t14-,15-/m1/s1. The van der Waals surface area contributed by atoms with Crippen LogP contribution in [0.25, 0.3) is 10.6 Å². The molecule has 1 aliphatic rings. The van der Waals surface area contributed by atoms with Gasteiger partial charge < -0.3 is 14.7 Å². The molecule has 1 aromatic heterocycles. The summed E-state index contributed by atoms with van der Waals surface area (Å²) in [4.78, 5) is 14.1. The molecular weight excluding hydrogens is 352 g/mol. The minimum absolute atomic E-state index is 0.133. The summed E-state index contributed by atoms with van der Waals surface area (Å²) >= 11 is 1.33. The summed E-state index contributed by atoms with van der Waals surface area (Å²) in [5.74, 6) is 0.476. The van der Waals surface area contributed by atoms with E-state index < -0.39 is 6.10 Å². The van der Waals surface area contributed by atoms with Crippen LogP contribution in [-0.2, 0) is 4.74 Å². The number of urea groups is 1. The predicted molar refractivity (Wildman–Crippen MR) is 101 cm³/mol. The Kier molecular flexibility index (Phi) is 5.85. The molecule has 1 fully saturated rings. The molecule has 2 heterocycles. The van der Waals surface area contributed by atoms with Crippen molar-refractivity contribution in [1.82, 2.24) is 15.1 Å². The summed E-state index contributed by atoms with van der Waals surface area (Å²) in [5.41, 5.74) is 2.24. The fourth-order valence-corrected chi connectivity index (χ4v) is 3.79. The fourth-order valence-electron chi connectivity index (χ4n) is 3.06. The number of nitrogens with zero attached hydrogens (tertiary/aromatic N) is 3. The highest BCUT2D eigenvalue weighted by molar-refractivity contribution is 7.18. The summed E-state index contributed by atoms with van der Waals surface area (Å²) in [6, 6.07) is 7.79. The number of aromatic nitrogens is 2. The second-order valence-electron chi connectivity index (χ2n) is 6.77. The van der Waals surface area contributed by atoms with E-state index >= 15 is 0 Å². The molecule has 7 nitrogen and oxygen atoms in total. The summed E-state index contributed by atoms with van der Waals surface area (Å²) in [7, 11) is 1.59. The van der Waals surface area contributed by atoms with Gasteiger partial charge in [0.1, 0.15) is 5.01 Å². The van der Waals surface area contributed by atoms with Gasteiger partial charge in [0, 0.05) is 19.2 Å². The molecule has 3 rings (SSSR count). The molecule has 1 saturated heterocycles. The number of likely N-dealkylation sites (tertiary alicyclic amines) is 1. The highest BCUT2D eigenvalue weighted by atomic mass is 32.1. The van der Waals surface area contributed by atoms with E-state index in [2.05, 4.69) is 41.5 Å². The number of carbonyl (C=O) groups is 1. The monoisotopic (exact) mass is 376 g/mol. The van der Waals surface area contributed by atoms with Crippen molar-refractivity contribution in [3.63, 3.8) is 0 Å². The number of aliphatic hydroxyl groups is 1. The van der Waals surface area contributed by atoms with E-state index in [0.29, 0.717) is 30.6 Å². The van der Waals surface area contributed by atoms with Crippen molar-refractivity contribution in [2.75, 3.05) is 25.6 Å². The Morgan fingerprint density at radius 1 is 1.38 bits per heavy atom. The van der Waals surface area contributed by atoms with Crippen molar-refractivity contribution >= 4 is 22.5 Å². The number of carbonyl (C=O) groups excluding carboxylic acids is 1. The van der Waals surface area contributed by atoms with Crippen LogP contribution in [0.2, 0.25) is 0 Å². The third kappa shape index (κ3) is 4.20. The Labute approximate surface area is 157 Å². The van der Waals surface area contributed by atoms with E-state index in [4.69, 9.17) is 4.74 Å². The second-order valence-corrected chi connectivity index (χ2v) is 7.75. The summed E-state index contributed by atoms with van der Waals surface area (Å²) in [6.07, 6.45) is -0.00414. The van der Waals surface area contributed by atoms with Crippen LogP contribution >= 0.6 is 11.3 Å². The number of nitrogens with one attached hydrogen (secondary N) is 1. The first kappa shape index (κ1) is 18.8. The Morgan fingerprint density at radius 3 is 2.77 bits per heavy atom. The van der Waals surface area contributed by atoms with Crippen LogP contribution in [0.4, 0.5) is 9.93 Å². The molecule has 2 N–H and O–H groups in total. The number of aliphatic hydroxyl groups excluding tert-OH is 1. The first-order valence-corrected chi connectivity index (χ1v) is 9.48.